The van der Waals surface area contributed by atoms with Gasteiger partial charge in [-0.25, -0.2) is 0 Å². The standard InChI is InChI=1S/C18H21NO4S.ClH/c20-24(21,22)18-9-5-16(6-10-18)15-3-7-17(8-4-15)23-14-13-19-11-1-2-12-19;/h3-10H,1-2,11-14H2,(H,20,21,22);1H. The summed E-state index contributed by atoms with van der Waals surface area (Å²) >= 11 is 0. The van der Waals surface area contributed by atoms with Gasteiger partial charge in [-0.1, -0.05) is 24.3 Å². The van der Waals surface area contributed by atoms with Gasteiger partial charge in [0.2, 0.25) is 0 Å². The average Bonchev–Trinajstić information content (AvgIpc) is 3.08. The van der Waals surface area contributed by atoms with Crippen molar-refractivity contribution in [2.75, 3.05) is 26.2 Å². The van der Waals surface area contributed by atoms with Gasteiger partial charge >= 0.3 is 0 Å². The minimum atomic E-state index is -4.15. The fraction of sp³-hybridized carbons (Fsp3) is 0.333. The Hall–Kier alpha value is -1.60. The minimum Gasteiger partial charge on any atom is -0.492 e. The lowest BCUT2D eigenvalue weighted by Crippen LogP contribution is -2.25. The van der Waals surface area contributed by atoms with E-state index in [-0.39, 0.29) is 17.3 Å². The van der Waals surface area contributed by atoms with Crippen molar-refractivity contribution in [3.05, 3.63) is 48.5 Å². The van der Waals surface area contributed by atoms with E-state index >= 15 is 0 Å². The lowest BCUT2D eigenvalue weighted by molar-refractivity contribution is 0.238. The van der Waals surface area contributed by atoms with E-state index in [0.717, 1.165) is 23.4 Å². The first-order chi connectivity index (χ1) is 11.5. The van der Waals surface area contributed by atoms with Crippen molar-refractivity contribution in [2.45, 2.75) is 17.7 Å². The molecule has 1 aliphatic rings. The molecule has 25 heavy (non-hydrogen) atoms. The van der Waals surface area contributed by atoms with Gasteiger partial charge < -0.3 is 4.74 Å². The Morgan fingerprint density at radius 3 is 1.96 bits per heavy atom. The molecule has 0 saturated carbocycles. The number of likely N-dealkylation sites (tertiary alicyclic amines) is 1. The van der Waals surface area contributed by atoms with Crippen molar-refractivity contribution in [1.29, 1.82) is 0 Å². The van der Waals surface area contributed by atoms with E-state index in [1.165, 1.54) is 38.1 Å². The second-order valence-corrected chi connectivity index (χ2v) is 7.34. The monoisotopic (exact) mass is 383 g/mol. The van der Waals surface area contributed by atoms with Crippen LogP contribution in [0.3, 0.4) is 0 Å². The molecule has 3 rings (SSSR count). The summed E-state index contributed by atoms with van der Waals surface area (Å²) in [6.07, 6.45) is 2.57. The molecule has 2 aromatic rings. The predicted molar refractivity (Wildman–Crippen MR) is 100 cm³/mol. The third-order valence-corrected chi connectivity index (χ3v) is 5.08. The number of benzene rings is 2. The first-order valence-corrected chi connectivity index (χ1v) is 9.49. The maximum Gasteiger partial charge on any atom is 0.294 e. The van der Waals surface area contributed by atoms with E-state index in [9.17, 15) is 8.42 Å². The highest BCUT2D eigenvalue weighted by Gasteiger charge is 2.11. The van der Waals surface area contributed by atoms with Gasteiger partial charge in [-0.15, -0.1) is 12.4 Å². The summed E-state index contributed by atoms with van der Waals surface area (Å²) in [4.78, 5) is 2.30. The van der Waals surface area contributed by atoms with Gasteiger partial charge in [-0.3, -0.25) is 9.45 Å². The van der Waals surface area contributed by atoms with Gasteiger partial charge in [-0.05, 0) is 61.3 Å². The predicted octanol–water partition coefficient (Wildman–Crippen LogP) is 3.50. The van der Waals surface area contributed by atoms with Crippen molar-refractivity contribution in [3.8, 4) is 16.9 Å². The van der Waals surface area contributed by atoms with E-state index in [1.54, 1.807) is 12.1 Å². The van der Waals surface area contributed by atoms with Crippen LogP contribution in [0.4, 0.5) is 0 Å². The van der Waals surface area contributed by atoms with E-state index in [4.69, 9.17) is 9.29 Å². The van der Waals surface area contributed by atoms with Crippen LogP contribution < -0.4 is 4.74 Å². The summed E-state index contributed by atoms with van der Waals surface area (Å²) in [7, 11) is -4.15. The second-order valence-electron chi connectivity index (χ2n) is 5.92. The molecule has 1 saturated heterocycles. The average molecular weight is 384 g/mol. The van der Waals surface area contributed by atoms with Crippen LogP contribution in [0, 0.1) is 0 Å². The molecular weight excluding hydrogens is 362 g/mol. The molecule has 2 aromatic carbocycles. The smallest absolute Gasteiger partial charge is 0.294 e. The highest BCUT2D eigenvalue weighted by Crippen LogP contribution is 2.24. The number of rotatable bonds is 6. The molecule has 0 amide bonds. The largest absolute Gasteiger partial charge is 0.492 e. The first kappa shape index (κ1) is 19.7. The Balaban J connectivity index is 0.00000225. The molecule has 0 bridgehead atoms. The summed E-state index contributed by atoms with van der Waals surface area (Å²) in [6, 6.07) is 13.8. The first-order valence-electron chi connectivity index (χ1n) is 8.05. The van der Waals surface area contributed by atoms with E-state index in [0.29, 0.717) is 6.61 Å². The number of hydrogen-bond donors (Lipinski definition) is 1. The van der Waals surface area contributed by atoms with E-state index in [1.807, 2.05) is 24.3 Å². The summed E-state index contributed by atoms with van der Waals surface area (Å²) in [5.74, 6) is 0.826. The van der Waals surface area contributed by atoms with Crippen LogP contribution >= 0.6 is 12.4 Å². The van der Waals surface area contributed by atoms with Crippen LogP contribution in [0.25, 0.3) is 11.1 Å². The molecule has 0 spiro atoms. The number of ether oxygens (including phenoxy) is 1. The number of nitrogens with zero attached hydrogens (tertiary/aromatic N) is 1. The molecule has 0 unspecified atom stereocenters. The highest BCUT2D eigenvalue weighted by molar-refractivity contribution is 7.85. The van der Waals surface area contributed by atoms with Crippen molar-refractivity contribution < 1.29 is 17.7 Å². The highest BCUT2D eigenvalue weighted by atomic mass is 35.5. The molecule has 1 N–H and O–H groups in total. The van der Waals surface area contributed by atoms with Gasteiger partial charge in [0.25, 0.3) is 10.1 Å². The molecular formula is C18H22ClNO4S. The van der Waals surface area contributed by atoms with Crippen LogP contribution in [-0.4, -0.2) is 44.1 Å². The van der Waals surface area contributed by atoms with Gasteiger partial charge in [0.05, 0.1) is 4.90 Å². The molecule has 7 heteroatoms. The Kier molecular flexibility index (Phi) is 6.84. The third kappa shape index (κ3) is 5.44. The zero-order valence-electron chi connectivity index (χ0n) is 13.8. The summed E-state index contributed by atoms with van der Waals surface area (Å²) < 4.78 is 36.9. The van der Waals surface area contributed by atoms with Crippen LogP contribution in [0.5, 0.6) is 5.75 Å². The fourth-order valence-corrected chi connectivity index (χ4v) is 3.34. The molecule has 0 aromatic heterocycles. The molecule has 5 nitrogen and oxygen atoms in total. The minimum absolute atomic E-state index is 0. The van der Waals surface area contributed by atoms with Crippen molar-refractivity contribution in [1.82, 2.24) is 4.90 Å². The Morgan fingerprint density at radius 1 is 0.920 bits per heavy atom. The maximum atomic E-state index is 11.1. The van der Waals surface area contributed by atoms with Gasteiger partial charge in [0.15, 0.2) is 0 Å². The quantitative estimate of drug-likeness (QED) is 0.773. The molecule has 1 heterocycles. The molecule has 136 valence electrons. The fourth-order valence-electron chi connectivity index (χ4n) is 2.86. The second kappa shape index (κ2) is 8.67. The normalized spacial score (nSPS) is 14.9. The van der Waals surface area contributed by atoms with Crippen LogP contribution in [0.15, 0.2) is 53.4 Å². The maximum absolute atomic E-state index is 11.1. The molecule has 1 aliphatic heterocycles. The Morgan fingerprint density at radius 2 is 1.44 bits per heavy atom. The Bertz CT molecular complexity index is 770. The lowest BCUT2D eigenvalue weighted by Gasteiger charge is -2.15. The van der Waals surface area contributed by atoms with Gasteiger partial charge in [0, 0.05) is 6.54 Å². The van der Waals surface area contributed by atoms with Crippen molar-refractivity contribution in [3.63, 3.8) is 0 Å². The number of hydrogen-bond acceptors (Lipinski definition) is 4. The Labute approximate surface area is 154 Å². The van der Waals surface area contributed by atoms with Crippen LogP contribution in [0.1, 0.15) is 12.8 Å². The van der Waals surface area contributed by atoms with E-state index < -0.39 is 10.1 Å². The van der Waals surface area contributed by atoms with Gasteiger partial charge in [0.1, 0.15) is 12.4 Å². The summed E-state index contributed by atoms with van der Waals surface area (Å²) in [6.45, 7) is 3.98. The number of halogens is 1. The molecule has 0 radical (unpaired) electrons. The van der Waals surface area contributed by atoms with Crippen molar-refractivity contribution >= 4 is 22.5 Å². The van der Waals surface area contributed by atoms with Crippen molar-refractivity contribution in [2.24, 2.45) is 0 Å². The summed E-state index contributed by atoms with van der Waals surface area (Å²) in [5.41, 5.74) is 1.84. The molecule has 0 atom stereocenters. The lowest BCUT2D eigenvalue weighted by atomic mass is 10.1. The zero-order chi connectivity index (χ0) is 17.0. The zero-order valence-corrected chi connectivity index (χ0v) is 15.4. The summed E-state index contributed by atoms with van der Waals surface area (Å²) in [5, 5.41) is 0. The SMILES string of the molecule is Cl.O=S(=O)(O)c1ccc(-c2ccc(OCCN3CCCC3)cc2)cc1. The van der Waals surface area contributed by atoms with Crippen LogP contribution in [-0.2, 0) is 10.1 Å². The van der Waals surface area contributed by atoms with Gasteiger partial charge in [-0.2, -0.15) is 8.42 Å². The molecule has 0 aliphatic carbocycles. The van der Waals surface area contributed by atoms with Crippen LogP contribution in [0.2, 0.25) is 0 Å². The molecule has 1 fully saturated rings. The van der Waals surface area contributed by atoms with E-state index in [2.05, 4.69) is 4.90 Å². The third-order valence-electron chi connectivity index (χ3n) is 4.21. The topological polar surface area (TPSA) is 66.8 Å².